The van der Waals surface area contributed by atoms with Crippen molar-refractivity contribution in [2.45, 2.75) is 25.9 Å². The number of anilines is 1. The van der Waals surface area contributed by atoms with Crippen LogP contribution in [-0.2, 0) is 11.0 Å². The van der Waals surface area contributed by atoms with Gasteiger partial charge in [-0.2, -0.15) is 13.2 Å². The molecule has 138 valence electrons. The van der Waals surface area contributed by atoms with E-state index in [-0.39, 0.29) is 17.5 Å². The smallest absolute Gasteiger partial charge is 0.366 e. The first-order valence-corrected chi connectivity index (χ1v) is 8.10. The summed E-state index contributed by atoms with van der Waals surface area (Å²) in [5.74, 6) is -0.290. The molecule has 0 atom stereocenters. The Hall–Kier alpha value is -2.03. The predicted octanol–water partition coefficient (Wildman–Crippen LogP) is 3.62. The van der Waals surface area contributed by atoms with Gasteiger partial charge in [0.25, 0.3) is 5.69 Å². The molecule has 1 aromatic carbocycles. The van der Waals surface area contributed by atoms with E-state index in [2.05, 4.69) is 5.32 Å². The van der Waals surface area contributed by atoms with E-state index in [1.165, 1.54) is 0 Å². The van der Waals surface area contributed by atoms with Crippen molar-refractivity contribution in [2.75, 3.05) is 24.5 Å². The molecule has 10 heteroatoms. The van der Waals surface area contributed by atoms with Gasteiger partial charge in [0.15, 0.2) is 0 Å². The summed E-state index contributed by atoms with van der Waals surface area (Å²) >= 11 is 5.70. The molecule has 1 aliphatic rings. The Kier molecular flexibility index (Phi) is 5.76. The number of nitro groups is 1. The molecule has 1 aromatic rings. The van der Waals surface area contributed by atoms with Gasteiger partial charge in [-0.25, -0.2) is 0 Å². The minimum absolute atomic E-state index is 0.0392. The summed E-state index contributed by atoms with van der Waals surface area (Å²) in [6, 6.07) is 1.45. The average molecular weight is 380 g/mol. The number of rotatable bonds is 4. The van der Waals surface area contributed by atoms with Crippen molar-refractivity contribution in [2.24, 2.45) is 5.92 Å². The lowest BCUT2D eigenvalue weighted by Crippen LogP contribution is -2.40. The third-order valence-corrected chi connectivity index (χ3v) is 4.44. The number of piperidine rings is 1. The second kappa shape index (κ2) is 7.47. The van der Waals surface area contributed by atoms with Crippen LogP contribution in [0.4, 0.5) is 24.5 Å². The molecule has 1 fully saturated rings. The van der Waals surface area contributed by atoms with Crippen LogP contribution >= 0.6 is 11.6 Å². The fraction of sp³-hybridized carbons (Fsp3) is 0.533. The molecule has 1 heterocycles. The van der Waals surface area contributed by atoms with Gasteiger partial charge in [0.2, 0.25) is 5.91 Å². The van der Waals surface area contributed by atoms with Crippen molar-refractivity contribution in [3.05, 3.63) is 32.8 Å². The Labute approximate surface area is 147 Å². The first-order valence-electron chi connectivity index (χ1n) is 7.73. The number of hydrogen-bond acceptors (Lipinski definition) is 4. The van der Waals surface area contributed by atoms with Gasteiger partial charge in [-0.1, -0.05) is 11.6 Å². The fourth-order valence-electron chi connectivity index (χ4n) is 2.87. The highest BCUT2D eigenvalue weighted by Crippen LogP contribution is 2.42. The van der Waals surface area contributed by atoms with E-state index in [1.54, 1.807) is 11.8 Å². The second-order valence-electron chi connectivity index (χ2n) is 5.73. The number of nitrogens with one attached hydrogen (secondary N) is 1. The maximum atomic E-state index is 12.9. The van der Waals surface area contributed by atoms with Gasteiger partial charge in [0, 0.05) is 31.6 Å². The van der Waals surface area contributed by atoms with E-state index in [0.717, 1.165) is 6.07 Å². The fourth-order valence-corrected chi connectivity index (χ4v) is 3.13. The summed E-state index contributed by atoms with van der Waals surface area (Å²) in [6.07, 6.45) is -3.85. The summed E-state index contributed by atoms with van der Waals surface area (Å²) < 4.78 is 38.7. The van der Waals surface area contributed by atoms with Gasteiger partial charge < -0.3 is 10.2 Å². The first-order chi connectivity index (χ1) is 11.6. The number of halogens is 4. The van der Waals surface area contributed by atoms with E-state index in [4.69, 9.17) is 11.6 Å². The molecule has 0 aliphatic carbocycles. The van der Waals surface area contributed by atoms with Crippen molar-refractivity contribution in [3.63, 3.8) is 0 Å². The van der Waals surface area contributed by atoms with E-state index in [0.29, 0.717) is 38.5 Å². The average Bonchev–Trinajstić information content (AvgIpc) is 2.53. The number of nitrogens with zero attached hydrogens (tertiary/aromatic N) is 2. The van der Waals surface area contributed by atoms with E-state index in [1.807, 2.05) is 0 Å². The molecule has 0 radical (unpaired) electrons. The van der Waals surface area contributed by atoms with E-state index in [9.17, 15) is 28.1 Å². The zero-order valence-electron chi connectivity index (χ0n) is 13.4. The minimum Gasteiger partial charge on any atom is -0.366 e. The highest BCUT2D eigenvalue weighted by Gasteiger charge is 2.37. The van der Waals surface area contributed by atoms with Crippen LogP contribution in [0.5, 0.6) is 0 Å². The van der Waals surface area contributed by atoms with Crippen molar-refractivity contribution in [1.29, 1.82) is 0 Å². The van der Waals surface area contributed by atoms with Crippen molar-refractivity contribution < 1.29 is 22.9 Å². The Morgan fingerprint density at radius 2 is 2.00 bits per heavy atom. The number of amides is 1. The predicted molar refractivity (Wildman–Crippen MR) is 86.7 cm³/mol. The van der Waals surface area contributed by atoms with Crippen molar-refractivity contribution in [1.82, 2.24) is 5.32 Å². The van der Waals surface area contributed by atoms with Gasteiger partial charge >= 0.3 is 6.18 Å². The Balaban J connectivity index is 2.27. The summed E-state index contributed by atoms with van der Waals surface area (Å²) in [5, 5.41) is 13.4. The second-order valence-corrected chi connectivity index (χ2v) is 6.14. The van der Waals surface area contributed by atoms with Crippen LogP contribution in [0.1, 0.15) is 25.3 Å². The monoisotopic (exact) mass is 379 g/mol. The van der Waals surface area contributed by atoms with Gasteiger partial charge in [-0.15, -0.1) is 0 Å². The SMILES string of the molecule is CCNC(=O)C1CCN(c2cc(Cl)c(C(F)(F)F)cc2[N+](=O)[O-])CC1. The lowest BCUT2D eigenvalue weighted by atomic mass is 9.95. The molecular weight excluding hydrogens is 363 g/mol. The summed E-state index contributed by atoms with van der Waals surface area (Å²) in [5.41, 5.74) is -1.84. The van der Waals surface area contributed by atoms with Crippen LogP contribution in [0, 0.1) is 16.0 Å². The normalized spacial score (nSPS) is 16.0. The van der Waals surface area contributed by atoms with Crippen LogP contribution in [-0.4, -0.2) is 30.5 Å². The standard InChI is InChI=1S/C15H17ClF3N3O3/c1-2-20-14(23)9-3-5-21(6-4-9)12-8-11(16)10(15(17,18)19)7-13(12)22(24)25/h7-9H,2-6H2,1H3,(H,20,23). The molecule has 25 heavy (non-hydrogen) atoms. The van der Waals surface area contributed by atoms with Crippen LogP contribution in [0.3, 0.4) is 0 Å². The molecule has 0 aromatic heterocycles. The van der Waals surface area contributed by atoms with E-state index >= 15 is 0 Å². The van der Waals surface area contributed by atoms with Crippen LogP contribution in [0.2, 0.25) is 5.02 Å². The minimum atomic E-state index is -4.77. The Bertz CT molecular complexity index is 674. The number of carbonyl (C=O) groups is 1. The molecular formula is C15H17ClF3N3O3. The third kappa shape index (κ3) is 4.33. The topological polar surface area (TPSA) is 75.5 Å². The molecule has 0 spiro atoms. The highest BCUT2D eigenvalue weighted by molar-refractivity contribution is 6.31. The molecule has 1 amide bonds. The van der Waals surface area contributed by atoms with Crippen LogP contribution < -0.4 is 10.2 Å². The summed E-state index contributed by atoms with van der Waals surface area (Å²) in [6.45, 7) is 2.97. The number of nitro benzene ring substituents is 1. The summed E-state index contributed by atoms with van der Waals surface area (Å²) in [4.78, 5) is 23.8. The lowest BCUT2D eigenvalue weighted by Gasteiger charge is -2.32. The molecule has 0 bridgehead atoms. The Morgan fingerprint density at radius 3 is 2.48 bits per heavy atom. The van der Waals surface area contributed by atoms with Gasteiger partial charge in [0.1, 0.15) is 5.69 Å². The molecule has 0 saturated carbocycles. The number of alkyl halides is 3. The number of hydrogen-bond donors (Lipinski definition) is 1. The quantitative estimate of drug-likeness (QED) is 0.640. The third-order valence-electron chi connectivity index (χ3n) is 4.12. The first kappa shape index (κ1) is 19.3. The molecule has 2 rings (SSSR count). The lowest BCUT2D eigenvalue weighted by molar-refractivity contribution is -0.384. The van der Waals surface area contributed by atoms with Crippen molar-refractivity contribution in [3.8, 4) is 0 Å². The van der Waals surface area contributed by atoms with Gasteiger partial charge in [-0.3, -0.25) is 14.9 Å². The number of benzene rings is 1. The van der Waals surface area contributed by atoms with E-state index < -0.39 is 27.4 Å². The number of carbonyl (C=O) groups excluding carboxylic acids is 1. The van der Waals surface area contributed by atoms with Crippen LogP contribution in [0.25, 0.3) is 0 Å². The molecule has 1 N–H and O–H groups in total. The van der Waals surface area contributed by atoms with Crippen LogP contribution in [0.15, 0.2) is 12.1 Å². The van der Waals surface area contributed by atoms with Gasteiger partial charge in [-0.05, 0) is 25.8 Å². The zero-order valence-corrected chi connectivity index (χ0v) is 14.2. The molecule has 1 aliphatic heterocycles. The van der Waals surface area contributed by atoms with Gasteiger partial charge in [0.05, 0.1) is 15.5 Å². The molecule has 1 saturated heterocycles. The molecule has 0 unspecified atom stereocenters. The highest BCUT2D eigenvalue weighted by atomic mass is 35.5. The Morgan fingerprint density at radius 1 is 1.40 bits per heavy atom. The summed E-state index contributed by atoms with van der Waals surface area (Å²) in [7, 11) is 0. The van der Waals surface area contributed by atoms with Crippen molar-refractivity contribution >= 4 is 28.9 Å². The maximum absolute atomic E-state index is 12.9. The zero-order chi connectivity index (χ0) is 18.8. The largest absolute Gasteiger partial charge is 0.418 e. The molecule has 6 nitrogen and oxygen atoms in total. The maximum Gasteiger partial charge on any atom is 0.418 e.